The standard InChI is InChI=1S/C15H21N3O2S/c1-10(7-11(2)19)8-16-15(20)12-9-18(3)17-14(12)13-5-4-6-21-13/h4-6,9-11,19H,7-8H2,1-3H3,(H,16,20). The minimum absolute atomic E-state index is 0.121. The number of aryl methyl sites for hydroxylation is 1. The van der Waals surface area contributed by atoms with Gasteiger partial charge in [0.1, 0.15) is 5.69 Å². The molecule has 2 aromatic heterocycles. The molecular weight excluding hydrogens is 286 g/mol. The fourth-order valence-electron chi connectivity index (χ4n) is 2.28. The van der Waals surface area contributed by atoms with Crippen LogP contribution in [0.3, 0.4) is 0 Å². The number of aromatic nitrogens is 2. The minimum Gasteiger partial charge on any atom is -0.393 e. The number of hydrogen-bond acceptors (Lipinski definition) is 4. The van der Waals surface area contributed by atoms with Crippen LogP contribution in [0.1, 0.15) is 30.6 Å². The lowest BCUT2D eigenvalue weighted by Gasteiger charge is -2.14. The highest BCUT2D eigenvalue weighted by Crippen LogP contribution is 2.26. The van der Waals surface area contributed by atoms with Gasteiger partial charge in [-0.15, -0.1) is 11.3 Å². The number of nitrogens with one attached hydrogen (secondary N) is 1. The second kappa shape index (κ2) is 6.87. The molecule has 2 heterocycles. The molecule has 0 saturated heterocycles. The minimum atomic E-state index is -0.350. The van der Waals surface area contributed by atoms with E-state index in [1.54, 1.807) is 29.1 Å². The Bertz CT molecular complexity index is 590. The highest BCUT2D eigenvalue weighted by atomic mass is 32.1. The summed E-state index contributed by atoms with van der Waals surface area (Å²) in [5, 5.41) is 18.6. The van der Waals surface area contributed by atoms with Crippen molar-refractivity contribution in [2.24, 2.45) is 13.0 Å². The maximum Gasteiger partial charge on any atom is 0.255 e. The molecule has 5 nitrogen and oxygen atoms in total. The van der Waals surface area contributed by atoms with Gasteiger partial charge in [-0.1, -0.05) is 13.0 Å². The highest BCUT2D eigenvalue weighted by molar-refractivity contribution is 7.13. The van der Waals surface area contributed by atoms with Crippen LogP contribution in [-0.4, -0.2) is 33.4 Å². The third kappa shape index (κ3) is 4.15. The molecular formula is C15H21N3O2S. The summed E-state index contributed by atoms with van der Waals surface area (Å²) in [7, 11) is 1.81. The van der Waals surface area contributed by atoms with Crippen molar-refractivity contribution in [3.8, 4) is 10.6 Å². The first-order chi connectivity index (χ1) is 9.97. The van der Waals surface area contributed by atoms with Gasteiger partial charge in [0, 0.05) is 19.8 Å². The van der Waals surface area contributed by atoms with Gasteiger partial charge in [-0.05, 0) is 30.7 Å². The zero-order chi connectivity index (χ0) is 15.4. The summed E-state index contributed by atoms with van der Waals surface area (Å²) < 4.78 is 1.66. The lowest BCUT2D eigenvalue weighted by atomic mass is 10.0. The Morgan fingerprint density at radius 1 is 1.52 bits per heavy atom. The van der Waals surface area contributed by atoms with E-state index in [-0.39, 0.29) is 17.9 Å². The fourth-order valence-corrected chi connectivity index (χ4v) is 3.00. The van der Waals surface area contributed by atoms with Crippen LogP contribution >= 0.6 is 11.3 Å². The fraction of sp³-hybridized carbons (Fsp3) is 0.467. The van der Waals surface area contributed by atoms with Gasteiger partial charge in [0.2, 0.25) is 0 Å². The number of thiophene rings is 1. The molecule has 2 unspecified atom stereocenters. The molecule has 2 rings (SSSR count). The average Bonchev–Trinajstić information content (AvgIpc) is 3.03. The smallest absolute Gasteiger partial charge is 0.255 e. The van der Waals surface area contributed by atoms with Gasteiger partial charge in [-0.3, -0.25) is 9.48 Å². The molecule has 1 amide bonds. The van der Waals surface area contributed by atoms with Crippen molar-refractivity contribution < 1.29 is 9.90 Å². The number of amides is 1. The van der Waals surface area contributed by atoms with Crippen LogP contribution in [0.2, 0.25) is 0 Å². The third-order valence-electron chi connectivity index (χ3n) is 3.18. The Labute approximate surface area is 128 Å². The number of nitrogens with zero attached hydrogens (tertiary/aromatic N) is 2. The molecule has 2 N–H and O–H groups in total. The number of carbonyl (C=O) groups is 1. The summed E-state index contributed by atoms with van der Waals surface area (Å²) in [4.78, 5) is 13.3. The second-order valence-corrected chi connectivity index (χ2v) is 6.39. The van der Waals surface area contributed by atoms with Gasteiger partial charge >= 0.3 is 0 Å². The van der Waals surface area contributed by atoms with Crippen LogP contribution in [0.15, 0.2) is 23.7 Å². The first-order valence-electron chi connectivity index (χ1n) is 7.01. The van der Waals surface area contributed by atoms with Gasteiger partial charge in [0.05, 0.1) is 16.5 Å². The summed E-state index contributed by atoms with van der Waals surface area (Å²) >= 11 is 1.56. The average molecular weight is 307 g/mol. The molecule has 0 aromatic carbocycles. The molecule has 0 bridgehead atoms. The quantitative estimate of drug-likeness (QED) is 0.860. The number of hydrogen-bond donors (Lipinski definition) is 2. The Morgan fingerprint density at radius 3 is 2.90 bits per heavy atom. The van der Waals surface area contributed by atoms with E-state index in [4.69, 9.17) is 0 Å². The van der Waals surface area contributed by atoms with E-state index in [1.807, 2.05) is 31.5 Å². The van der Waals surface area contributed by atoms with Crippen molar-refractivity contribution in [2.75, 3.05) is 6.54 Å². The maximum atomic E-state index is 12.3. The Balaban J connectivity index is 2.06. The monoisotopic (exact) mass is 307 g/mol. The zero-order valence-corrected chi connectivity index (χ0v) is 13.4. The van der Waals surface area contributed by atoms with Crippen LogP contribution in [-0.2, 0) is 7.05 Å². The maximum absolute atomic E-state index is 12.3. The molecule has 2 aromatic rings. The number of aliphatic hydroxyl groups excluding tert-OH is 1. The highest BCUT2D eigenvalue weighted by Gasteiger charge is 2.18. The summed E-state index contributed by atoms with van der Waals surface area (Å²) in [5.41, 5.74) is 1.30. The number of carbonyl (C=O) groups excluding carboxylic acids is 1. The van der Waals surface area contributed by atoms with Crippen molar-refractivity contribution in [1.82, 2.24) is 15.1 Å². The van der Waals surface area contributed by atoms with Crippen molar-refractivity contribution in [3.63, 3.8) is 0 Å². The van der Waals surface area contributed by atoms with Crippen molar-refractivity contribution in [3.05, 3.63) is 29.3 Å². The van der Waals surface area contributed by atoms with Gasteiger partial charge in [-0.2, -0.15) is 5.10 Å². The van der Waals surface area contributed by atoms with E-state index in [2.05, 4.69) is 10.4 Å². The Kier molecular flexibility index (Phi) is 5.14. The van der Waals surface area contributed by atoms with Crippen LogP contribution in [0, 0.1) is 5.92 Å². The van der Waals surface area contributed by atoms with Crippen molar-refractivity contribution in [2.45, 2.75) is 26.4 Å². The van der Waals surface area contributed by atoms with Crippen molar-refractivity contribution in [1.29, 1.82) is 0 Å². The Hall–Kier alpha value is -1.66. The predicted octanol–water partition coefficient (Wildman–Crippen LogP) is 2.29. The largest absolute Gasteiger partial charge is 0.393 e. The number of rotatable bonds is 6. The summed E-state index contributed by atoms with van der Waals surface area (Å²) in [6.07, 6.45) is 2.06. The first-order valence-corrected chi connectivity index (χ1v) is 7.89. The topological polar surface area (TPSA) is 67.2 Å². The van der Waals surface area contributed by atoms with Gasteiger partial charge in [0.15, 0.2) is 0 Å². The van der Waals surface area contributed by atoms with E-state index in [9.17, 15) is 9.90 Å². The normalized spacial score (nSPS) is 13.9. The SMILES string of the molecule is CC(O)CC(C)CNC(=O)c1cn(C)nc1-c1cccs1. The lowest BCUT2D eigenvalue weighted by molar-refractivity contribution is 0.0940. The molecule has 0 saturated carbocycles. The second-order valence-electron chi connectivity index (χ2n) is 5.44. The lowest BCUT2D eigenvalue weighted by Crippen LogP contribution is -2.29. The van der Waals surface area contributed by atoms with E-state index in [1.165, 1.54) is 0 Å². The van der Waals surface area contributed by atoms with Crippen LogP contribution < -0.4 is 5.32 Å². The molecule has 0 aliphatic rings. The van der Waals surface area contributed by atoms with Crippen LogP contribution in [0.5, 0.6) is 0 Å². The van der Waals surface area contributed by atoms with Crippen LogP contribution in [0.25, 0.3) is 10.6 Å². The number of aliphatic hydroxyl groups is 1. The zero-order valence-electron chi connectivity index (χ0n) is 12.5. The van der Waals surface area contributed by atoms with Gasteiger partial charge in [-0.25, -0.2) is 0 Å². The molecule has 0 fully saturated rings. The van der Waals surface area contributed by atoms with Gasteiger partial charge in [0.25, 0.3) is 5.91 Å². The predicted molar refractivity (Wildman–Crippen MR) is 84.3 cm³/mol. The molecule has 2 atom stereocenters. The van der Waals surface area contributed by atoms with Gasteiger partial charge < -0.3 is 10.4 Å². The molecule has 0 spiro atoms. The van der Waals surface area contributed by atoms with Crippen molar-refractivity contribution >= 4 is 17.2 Å². The van der Waals surface area contributed by atoms with E-state index >= 15 is 0 Å². The van der Waals surface area contributed by atoms with E-state index in [0.29, 0.717) is 24.2 Å². The first kappa shape index (κ1) is 15.7. The van der Waals surface area contributed by atoms with E-state index in [0.717, 1.165) is 4.88 Å². The third-order valence-corrected chi connectivity index (χ3v) is 4.06. The summed E-state index contributed by atoms with van der Waals surface area (Å²) in [6, 6.07) is 3.90. The van der Waals surface area contributed by atoms with Crippen LogP contribution in [0.4, 0.5) is 0 Å². The molecule has 21 heavy (non-hydrogen) atoms. The Morgan fingerprint density at radius 2 is 2.29 bits per heavy atom. The molecule has 0 aliphatic carbocycles. The molecule has 6 heteroatoms. The summed E-state index contributed by atoms with van der Waals surface area (Å²) in [5.74, 6) is 0.111. The molecule has 0 aliphatic heterocycles. The molecule has 0 radical (unpaired) electrons. The van der Waals surface area contributed by atoms with E-state index < -0.39 is 0 Å². The molecule has 114 valence electrons. The summed E-state index contributed by atoms with van der Waals surface area (Å²) in [6.45, 7) is 4.31.